The molecule has 0 bridgehead atoms. The predicted molar refractivity (Wildman–Crippen MR) is 58.6 cm³/mol. The molecule has 0 amide bonds. The molecule has 17 heavy (non-hydrogen) atoms. The van der Waals surface area contributed by atoms with Gasteiger partial charge >= 0.3 is 11.7 Å². The van der Waals surface area contributed by atoms with Gasteiger partial charge in [-0.2, -0.15) is 0 Å². The van der Waals surface area contributed by atoms with Crippen LogP contribution in [0, 0.1) is 0 Å². The third-order valence-corrected chi connectivity index (χ3v) is 2.16. The van der Waals surface area contributed by atoms with Crippen LogP contribution >= 0.6 is 0 Å². The third kappa shape index (κ3) is 1.87. The SMILES string of the molecule is Cn1c(=O)[nH]c(=O)c2[nH]c(C=CC(=O)O)nc21. The van der Waals surface area contributed by atoms with Gasteiger partial charge in [-0.1, -0.05) is 0 Å². The van der Waals surface area contributed by atoms with E-state index < -0.39 is 17.2 Å². The molecule has 0 aliphatic carbocycles. The minimum Gasteiger partial charge on any atom is -0.478 e. The second-order valence-electron chi connectivity index (χ2n) is 3.31. The Balaban J connectivity index is 2.70. The molecular weight excluding hydrogens is 228 g/mol. The van der Waals surface area contributed by atoms with Crippen LogP contribution in [0.25, 0.3) is 17.2 Å². The lowest BCUT2D eigenvalue weighted by Crippen LogP contribution is -2.28. The van der Waals surface area contributed by atoms with E-state index in [1.807, 2.05) is 0 Å². The molecule has 0 unspecified atom stereocenters. The van der Waals surface area contributed by atoms with Crippen LogP contribution in [0.15, 0.2) is 15.7 Å². The van der Waals surface area contributed by atoms with Gasteiger partial charge in [-0.3, -0.25) is 14.3 Å². The van der Waals surface area contributed by atoms with Crippen molar-refractivity contribution in [2.75, 3.05) is 0 Å². The molecule has 0 saturated carbocycles. The molecule has 2 aromatic heterocycles. The Bertz CT molecular complexity index is 734. The molecule has 88 valence electrons. The number of H-pyrrole nitrogens is 2. The van der Waals surface area contributed by atoms with Crippen LogP contribution in [0.2, 0.25) is 0 Å². The summed E-state index contributed by atoms with van der Waals surface area (Å²) in [5.74, 6) is -0.942. The number of hydrogen-bond acceptors (Lipinski definition) is 4. The Labute approximate surface area is 93.2 Å². The standard InChI is InChI=1S/C9H8N4O4/c1-13-7-6(8(16)12-9(13)17)10-4(11-7)2-3-5(14)15/h2-3H,1H3,(H,10,11)(H,14,15)(H,12,16,17). The molecule has 0 atom stereocenters. The Morgan fingerprint density at radius 1 is 1.41 bits per heavy atom. The summed E-state index contributed by atoms with van der Waals surface area (Å²) in [6.07, 6.45) is 2.08. The van der Waals surface area contributed by atoms with Crippen molar-refractivity contribution in [1.29, 1.82) is 0 Å². The summed E-state index contributed by atoms with van der Waals surface area (Å²) in [6, 6.07) is 0. The van der Waals surface area contributed by atoms with Gasteiger partial charge in [0.1, 0.15) is 11.3 Å². The molecule has 0 aromatic carbocycles. The van der Waals surface area contributed by atoms with Gasteiger partial charge in [-0.25, -0.2) is 14.6 Å². The van der Waals surface area contributed by atoms with Gasteiger partial charge in [0.25, 0.3) is 5.56 Å². The van der Waals surface area contributed by atoms with E-state index in [1.54, 1.807) is 0 Å². The molecule has 2 aromatic rings. The summed E-state index contributed by atoms with van der Waals surface area (Å²) in [5, 5.41) is 8.45. The number of aromatic nitrogens is 4. The van der Waals surface area contributed by atoms with E-state index in [0.29, 0.717) is 0 Å². The predicted octanol–water partition coefficient (Wildman–Crippen LogP) is -0.952. The highest BCUT2D eigenvalue weighted by Gasteiger charge is 2.09. The van der Waals surface area contributed by atoms with Crippen molar-refractivity contribution in [3.63, 3.8) is 0 Å². The molecule has 0 fully saturated rings. The topological polar surface area (TPSA) is 121 Å². The van der Waals surface area contributed by atoms with Crippen molar-refractivity contribution in [2.45, 2.75) is 0 Å². The maximum atomic E-state index is 11.4. The lowest BCUT2D eigenvalue weighted by Gasteiger charge is -1.94. The van der Waals surface area contributed by atoms with E-state index in [2.05, 4.69) is 15.0 Å². The smallest absolute Gasteiger partial charge is 0.329 e. The van der Waals surface area contributed by atoms with E-state index in [0.717, 1.165) is 10.6 Å². The highest BCUT2D eigenvalue weighted by atomic mass is 16.4. The average Bonchev–Trinajstić information content (AvgIpc) is 2.68. The van der Waals surface area contributed by atoms with Crippen LogP contribution in [0.4, 0.5) is 0 Å². The van der Waals surface area contributed by atoms with E-state index >= 15 is 0 Å². The van der Waals surface area contributed by atoms with Crippen molar-refractivity contribution < 1.29 is 9.90 Å². The fourth-order valence-corrected chi connectivity index (χ4v) is 1.35. The quantitative estimate of drug-likeness (QED) is 0.580. The van der Waals surface area contributed by atoms with E-state index in [1.165, 1.54) is 13.1 Å². The van der Waals surface area contributed by atoms with Crippen LogP contribution in [-0.4, -0.2) is 30.6 Å². The summed E-state index contributed by atoms with van der Waals surface area (Å²) >= 11 is 0. The lowest BCUT2D eigenvalue weighted by atomic mass is 10.5. The van der Waals surface area contributed by atoms with Gasteiger partial charge in [0, 0.05) is 13.1 Å². The van der Waals surface area contributed by atoms with E-state index in [4.69, 9.17) is 5.11 Å². The molecule has 2 rings (SSSR count). The number of carbonyl (C=O) groups is 1. The van der Waals surface area contributed by atoms with Gasteiger partial charge in [0.05, 0.1) is 0 Å². The number of fused-ring (bicyclic) bond motifs is 1. The maximum absolute atomic E-state index is 11.4. The molecule has 8 heteroatoms. The summed E-state index contributed by atoms with van der Waals surface area (Å²) in [4.78, 5) is 41.7. The number of carboxylic acids is 1. The molecule has 0 aliphatic rings. The van der Waals surface area contributed by atoms with Crippen LogP contribution in [-0.2, 0) is 11.8 Å². The van der Waals surface area contributed by atoms with Gasteiger partial charge < -0.3 is 10.1 Å². The monoisotopic (exact) mass is 236 g/mol. The molecule has 0 radical (unpaired) electrons. The number of rotatable bonds is 2. The first kappa shape index (κ1) is 10.9. The highest BCUT2D eigenvalue weighted by Crippen LogP contribution is 2.04. The van der Waals surface area contributed by atoms with Crippen LogP contribution < -0.4 is 11.2 Å². The zero-order chi connectivity index (χ0) is 12.6. The number of imidazole rings is 1. The van der Waals surface area contributed by atoms with Gasteiger partial charge in [0.2, 0.25) is 0 Å². The first-order chi connectivity index (χ1) is 7.99. The van der Waals surface area contributed by atoms with Crippen molar-refractivity contribution >= 4 is 23.2 Å². The fraction of sp³-hybridized carbons (Fsp3) is 0.111. The van der Waals surface area contributed by atoms with Crippen LogP contribution in [0.3, 0.4) is 0 Å². The van der Waals surface area contributed by atoms with Crippen molar-refractivity contribution in [1.82, 2.24) is 19.5 Å². The number of nitrogens with zero attached hydrogens (tertiary/aromatic N) is 2. The zero-order valence-electron chi connectivity index (χ0n) is 8.72. The lowest BCUT2D eigenvalue weighted by molar-refractivity contribution is -0.131. The Kier molecular flexibility index (Phi) is 2.39. The zero-order valence-corrected chi connectivity index (χ0v) is 8.72. The number of hydrogen-bond donors (Lipinski definition) is 3. The summed E-state index contributed by atoms with van der Waals surface area (Å²) in [5.41, 5.74) is -0.880. The molecule has 0 spiro atoms. The van der Waals surface area contributed by atoms with E-state index in [9.17, 15) is 14.4 Å². The Hall–Kier alpha value is -2.64. The molecule has 2 heterocycles. The number of aromatic amines is 2. The molecule has 0 saturated heterocycles. The minimum absolute atomic E-state index is 0.122. The third-order valence-electron chi connectivity index (χ3n) is 2.16. The van der Waals surface area contributed by atoms with Crippen molar-refractivity contribution in [3.8, 4) is 0 Å². The van der Waals surface area contributed by atoms with Gasteiger partial charge in [-0.15, -0.1) is 0 Å². The summed E-state index contributed by atoms with van der Waals surface area (Å²) < 4.78 is 1.16. The second kappa shape index (κ2) is 3.74. The Morgan fingerprint density at radius 2 is 2.12 bits per heavy atom. The van der Waals surface area contributed by atoms with Crippen molar-refractivity contribution in [3.05, 3.63) is 32.7 Å². The average molecular weight is 236 g/mol. The Morgan fingerprint density at radius 3 is 2.76 bits per heavy atom. The first-order valence-electron chi connectivity index (χ1n) is 4.59. The van der Waals surface area contributed by atoms with Gasteiger partial charge in [-0.05, 0) is 6.08 Å². The van der Waals surface area contributed by atoms with Crippen LogP contribution in [0.1, 0.15) is 5.82 Å². The first-order valence-corrected chi connectivity index (χ1v) is 4.59. The number of aliphatic carboxylic acids is 1. The molecule has 0 aliphatic heterocycles. The minimum atomic E-state index is -1.13. The van der Waals surface area contributed by atoms with Gasteiger partial charge in [0.15, 0.2) is 5.65 Å². The van der Waals surface area contributed by atoms with E-state index in [-0.39, 0.29) is 17.0 Å². The number of carboxylic acid groups (broad SMARTS) is 1. The second-order valence-corrected chi connectivity index (χ2v) is 3.31. The maximum Gasteiger partial charge on any atom is 0.329 e. The number of nitrogens with one attached hydrogen (secondary N) is 2. The van der Waals surface area contributed by atoms with Crippen molar-refractivity contribution in [2.24, 2.45) is 7.05 Å². The largest absolute Gasteiger partial charge is 0.478 e. The molecular formula is C9H8N4O4. The van der Waals surface area contributed by atoms with Crippen LogP contribution in [0.5, 0.6) is 0 Å². The summed E-state index contributed by atoms with van der Waals surface area (Å²) in [6.45, 7) is 0. The normalized spacial score (nSPS) is 11.4. The molecule has 3 N–H and O–H groups in total. The summed E-state index contributed by atoms with van der Waals surface area (Å²) in [7, 11) is 1.45. The highest BCUT2D eigenvalue weighted by molar-refractivity contribution is 5.85. The molecule has 8 nitrogen and oxygen atoms in total. The number of aryl methyl sites for hydroxylation is 1. The fourth-order valence-electron chi connectivity index (χ4n) is 1.35.